The van der Waals surface area contributed by atoms with Crippen molar-refractivity contribution in [2.24, 2.45) is 16.7 Å². The van der Waals surface area contributed by atoms with Crippen LogP contribution in [0, 0.1) is 16.7 Å². The Hall–Kier alpha value is -0.890. The molecule has 2 saturated carbocycles. The maximum atomic E-state index is 4.19. The molecule has 0 saturated heterocycles. The van der Waals surface area contributed by atoms with Crippen LogP contribution in [0.15, 0.2) is 24.5 Å². The second kappa shape index (κ2) is 4.06. The van der Waals surface area contributed by atoms with Gasteiger partial charge in [-0.3, -0.25) is 4.98 Å². The van der Waals surface area contributed by atoms with Gasteiger partial charge in [0.15, 0.2) is 0 Å². The molecule has 2 fully saturated rings. The van der Waals surface area contributed by atoms with Crippen molar-refractivity contribution in [3.63, 3.8) is 0 Å². The first-order chi connectivity index (χ1) is 8.52. The van der Waals surface area contributed by atoms with Gasteiger partial charge in [0.25, 0.3) is 0 Å². The second-order valence-corrected chi connectivity index (χ2v) is 7.09. The van der Waals surface area contributed by atoms with E-state index in [1.165, 1.54) is 24.8 Å². The number of pyridine rings is 1. The molecule has 2 nitrogen and oxygen atoms in total. The maximum Gasteiger partial charge on any atom is 0.0312 e. The zero-order valence-corrected chi connectivity index (χ0v) is 11.7. The van der Waals surface area contributed by atoms with Crippen molar-refractivity contribution >= 4 is 0 Å². The summed E-state index contributed by atoms with van der Waals surface area (Å²) in [4.78, 5) is 4.19. The monoisotopic (exact) mass is 244 g/mol. The molecule has 18 heavy (non-hydrogen) atoms. The fraction of sp³-hybridized carbons (Fsp3) is 0.688. The van der Waals surface area contributed by atoms with E-state index in [-0.39, 0.29) is 0 Å². The zero-order chi connectivity index (χ0) is 12.8. The normalized spacial score (nSPS) is 37.1. The van der Waals surface area contributed by atoms with E-state index in [4.69, 9.17) is 0 Å². The third-order valence-electron chi connectivity index (χ3n) is 5.50. The lowest BCUT2D eigenvalue weighted by molar-refractivity contribution is 0.108. The van der Waals surface area contributed by atoms with Gasteiger partial charge in [-0.05, 0) is 47.6 Å². The third kappa shape index (κ3) is 1.78. The average molecular weight is 244 g/mol. The van der Waals surface area contributed by atoms with Crippen LogP contribution in [0.4, 0.5) is 0 Å². The largest absolute Gasteiger partial charge is 0.309 e. The van der Waals surface area contributed by atoms with Crippen LogP contribution in [0.1, 0.15) is 45.6 Å². The number of rotatable bonds is 3. The van der Waals surface area contributed by atoms with Crippen LogP contribution in [-0.4, -0.2) is 11.0 Å². The minimum absolute atomic E-state index is 0.440. The number of hydrogen-bond donors (Lipinski definition) is 1. The van der Waals surface area contributed by atoms with Crippen molar-refractivity contribution in [3.05, 3.63) is 30.1 Å². The van der Waals surface area contributed by atoms with E-state index < -0.39 is 0 Å². The van der Waals surface area contributed by atoms with E-state index in [1.807, 2.05) is 18.5 Å². The van der Waals surface area contributed by atoms with Gasteiger partial charge >= 0.3 is 0 Å². The van der Waals surface area contributed by atoms with E-state index in [0.717, 1.165) is 12.5 Å². The minimum atomic E-state index is 0.440. The number of nitrogens with one attached hydrogen (secondary N) is 1. The Morgan fingerprint density at radius 2 is 2.22 bits per heavy atom. The predicted octanol–water partition coefficient (Wildman–Crippen LogP) is 3.39. The summed E-state index contributed by atoms with van der Waals surface area (Å²) in [6.45, 7) is 8.32. The number of nitrogens with zero attached hydrogens (tertiary/aromatic N) is 1. The van der Waals surface area contributed by atoms with Gasteiger partial charge in [-0.1, -0.05) is 26.8 Å². The lowest BCUT2D eigenvalue weighted by Gasteiger charge is -2.43. The summed E-state index contributed by atoms with van der Waals surface area (Å²) < 4.78 is 0. The molecule has 2 heteroatoms. The highest BCUT2D eigenvalue weighted by Crippen LogP contribution is 2.62. The Morgan fingerprint density at radius 3 is 2.83 bits per heavy atom. The highest BCUT2D eigenvalue weighted by atomic mass is 15.0. The molecule has 2 aliphatic carbocycles. The molecule has 0 unspecified atom stereocenters. The molecule has 1 aromatic heterocycles. The van der Waals surface area contributed by atoms with Crippen molar-refractivity contribution in [2.75, 3.05) is 0 Å². The lowest BCUT2D eigenvalue weighted by atomic mass is 9.68. The van der Waals surface area contributed by atoms with Crippen LogP contribution in [0.5, 0.6) is 0 Å². The SMILES string of the molecule is CC1(C)[C@H]2CC[C@](C)(C2)[C@H]1NCc1cccnc1. The molecule has 2 bridgehead atoms. The zero-order valence-electron chi connectivity index (χ0n) is 11.7. The Bertz CT molecular complexity index is 421. The van der Waals surface area contributed by atoms with E-state index >= 15 is 0 Å². The number of hydrogen-bond acceptors (Lipinski definition) is 2. The van der Waals surface area contributed by atoms with Crippen molar-refractivity contribution in [1.82, 2.24) is 10.3 Å². The molecule has 3 atom stereocenters. The van der Waals surface area contributed by atoms with E-state index in [0.29, 0.717) is 16.9 Å². The van der Waals surface area contributed by atoms with Gasteiger partial charge in [0.05, 0.1) is 0 Å². The molecule has 98 valence electrons. The van der Waals surface area contributed by atoms with Gasteiger partial charge in [-0.25, -0.2) is 0 Å². The van der Waals surface area contributed by atoms with Gasteiger partial charge in [-0.2, -0.15) is 0 Å². The molecule has 0 spiro atoms. The first-order valence-corrected chi connectivity index (χ1v) is 7.15. The van der Waals surface area contributed by atoms with Crippen LogP contribution in [-0.2, 0) is 6.54 Å². The summed E-state index contributed by atoms with van der Waals surface area (Å²) in [5.41, 5.74) is 2.24. The summed E-state index contributed by atoms with van der Waals surface area (Å²) in [6, 6.07) is 4.82. The fourth-order valence-electron chi connectivity index (χ4n) is 4.53. The number of aromatic nitrogens is 1. The molecule has 0 aromatic carbocycles. The molecule has 1 N–H and O–H groups in total. The van der Waals surface area contributed by atoms with Crippen molar-refractivity contribution < 1.29 is 0 Å². The highest BCUT2D eigenvalue weighted by Gasteiger charge is 2.58. The van der Waals surface area contributed by atoms with Gasteiger partial charge in [0, 0.05) is 25.0 Å². The van der Waals surface area contributed by atoms with Crippen LogP contribution < -0.4 is 5.32 Å². The Kier molecular flexibility index (Phi) is 2.74. The number of fused-ring (bicyclic) bond motifs is 2. The first-order valence-electron chi connectivity index (χ1n) is 7.15. The molecule has 1 heterocycles. The molecular formula is C16H24N2. The maximum absolute atomic E-state index is 4.19. The molecule has 1 aromatic rings. The van der Waals surface area contributed by atoms with Gasteiger partial charge < -0.3 is 5.32 Å². The Balaban J connectivity index is 1.73. The minimum Gasteiger partial charge on any atom is -0.309 e. The highest BCUT2D eigenvalue weighted by molar-refractivity contribution is 5.14. The van der Waals surface area contributed by atoms with Crippen LogP contribution in [0.25, 0.3) is 0 Å². The molecule has 2 aliphatic rings. The second-order valence-electron chi connectivity index (χ2n) is 7.09. The Labute approximate surface area is 110 Å². The van der Waals surface area contributed by atoms with E-state index in [9.17, 15) is 0 Å². The molecule has 0 amide bonds. The third-order valence-corrected chi connectivity index (χ3v) is 5.50. The van der Waals surface area contributed by atoms with E-state index in [2.05, 4.69) is 37.1 Å². The first kappa shape index (κ1) is 12.2. The predicted molar refractivity (Wildman–Crippen MR) is 74.1 cm³/mol. The van der Waals surface area contributed by atoms with Crippen molar-refractivity contribution in [1.29, 1.82) is 0 Å². The summed E-state index contributed by atoms with van der Waals surface area (Å²) in [5.74, 6) is 0.911. The van der Waals surface area contributed by atoms with Crippen LogP contribution >= 0.6 is 0 Å². The Morgan fingerprint density at radius 1 is 1.39 bits per heavy atom. The quantitative estimate of drug-likeness (QED) is 0.881. The van der Waals surface area contributed by atoms with Crippen LogP contribution in [0.2, 0.25) is 0 Å². The summed E-state index contributed by atoms with van der Waals surface area (Å²) in [6.07, 6.45) is 8.03. The van der Waals surface area contributed by atoms with Crippen molar-refractivity contribution in [3.8, 4) is 0 Å². The van der Waals surface area contributed by atoms with Gasteiger partial charge in [-0.15, -0.1) is 0 Å². The van der Waals surface area contributed by atoms with Crippen LogP contribution in [0.3, 0.4) is 0 Å². The molecular weight excluding hydrogens is 220 g/mol. The summed E-state index contributed by atoms with van der Waals surface area (Å²) >= 11 is 0. The summed E-state index contributed by atoms with van der Waals surface area (Å²) in [7, 11) is 0. The summed E-state index contributed by atoms with van der Waals surface area (Å²) in [5, 5.41) is 3.82. The van der Waals surface area contributed by atoms with Gasteiger partial charge in [0.2, 0.25) is 0 Å². The lowest BCUT2D eigenvalue weighted by Crippen LogP contribution is -2.49. The van der Waals surface area contributed by atoms with Gasteiger partial charge in [0.1, 0.15) is 0 Å². The van der Waals surface area contributed by atoms with Crippen molar-refractivity contribution in [2.45, 2.75) is 52.6 Å². The molecule has 3 rings (SSSR count). The van der Waals surface area contributed by atoms with E-state index in [1.54, 1.807) is 0 Å². The molecule has 0 radical (unpaired) electrons. The smallest absolute Gasteiger partial charge is 0.0312 e. The average Bonchev–Trinajstić information content (AvgIpc) is 2.81. The standard InChI is InChI=1S/C16H24N2/c1-15(2)13-6-7-16(3,9-13)14(15)18-11-12-5-4-8-17-10-12/h4-5,8,10,13-14,18H,6-7,9,11H2,1-3H3/t13-,14-,16+/m0/s1. The molecule has 0 aliphatic heterocycles. The fourth-order valence-corrected chi connectivity index (χ4v) is 4.53. The topological polar surface area (TPSA) is 24.9 Å².